The Bertz CT molecular complexity index is 1640. The number of rotatable bonds is 11. The van der Waals surface area contributed by atoms with E-state index in [1.807, 2.05) is 49.5 Å². The van der Waals surface area contributed by atoms with Crippen LogP contribution in [-0.2, 0) is 19.6 Å². The van der Waals surface area contributed by atoms with Crippen molar-refractivity contribution in [2.45, 2.75) is 11.8 Å². The van der Waals surface area contributed by atoms with Gasteiger partial charge in [-0.2, -0.15) is 4.31 Å². The molecule has 1 aromatic heterocycles. The molecular formula is C31H34ClN5O5S. The molecule has 0 radical (unpaired) electrons. The molecule has 0 unspecified atom stereocenters. The van der Waals surface area contributed by atoms with E-state index < -0.39 is 22.5 Å². The third-order valence-corrected chi connectivity index (χ3v) is 9.31. The summed E-state index contributed by atoms with van der Waals surface area (Å²) in [5.74, 6) is 0.297. The van der Waals surface area contributed by atoms with Gasteiger partial charge in [0.25, 0.3) is 0 Å². The van der Waals surface area contributed by atoms with E-state index in [0.717, 1.165) is 16.8 Å². The molecule has 0 saturated carbocycles. The third-order valence-electron chi connectivity index (χ3n) is 7.20. The number of nitrogens with one attached hydrogen (secondary N) is 1. The van der Waals surface area contributed by atoms with Crippen LogP contribution in [0, 0.1) is 6.92 Å². The summed E-state index contributed by atoms with van der Waals surface area (Å²) in [6.45, 7) is 4.76. The van der Waals surface area contributed by atoms with Gasteiger partial charge in [0.1, 0.15) is 5.75 Å². The van der Waals surface area contributed by atoms with Gasteiger partial charge in [-0.25, -0.2) is 13.4 Å². The first-order valence-corrected chi connectivity index (χ1v) is 15.7. The van der Waals surface area contributed by atoms with Crippen molar-refractivity contribution in [3.05, 3.63) is 89.6 Å². The van der Waals surface area contributed by atoms with Gasteiger partial charge in [0.05, 0.1) is 37.5 Å². The predicted octanol–water partition coefficient (Wildman–Crippen LogP) is 4.47. The highest BCUT2D eigenvalue weighted by atomic mass is 35.5. The maximum absolute atomic E-state index is 13.8. The van der Waals surface area contributed by atoms with Gasteiger partial charge in [0, 0.05) is 48.6 Å². The fourth-order valence-electron chi connectivity index (χ4n) is 4.71. The Morgan fingerprint density at radius 1 is 1.02 bits per heavy atom. The van der Waals surface area contributed by atoms with Gasteiger partial charge in [-0.1, -0.05) is 41.4 Å². The molecule has 1 aliphatic rings. The number of anilines is 1. The lowest BCUT2D eigenvalue weighted by atomic mass is 10.2. The highest BCUT2D eigenvalue weighted by molar-refractivity contribution is 7.89. The number of aryl methyl sites for hydroxylation is 1. The molecule has 0 atom stereocenters. The zero-order chi connectivity index (χ0) is 30.4. The minimum Gasteiger partial charge on any atom is -0.497 e. The summed E-state index contributed by atoms with van der Waals surface area (Å²) < 4.78 is 41.1. The molecule has 43 heavy (non-hydrogen) atoms. The Kier molecular flexibility index (Phi) is 9.79. The largest absolute Gasteiger partial charge is 0.497 e. The van der Waals surface area contributed by atoms with Crippen molar-refractivity contribution in [2.24, 2.45) is 0 Å². The number of ether oxygens (including phenoxy) is 2. The summed E-state index contributed by atoms with van der Waals surface area (Å²) in [6, 6.07) is 21.2. The number of carbonyl (C=O) groups excluding carboxylic acids is 1. The first-order valence-electron chi connectivity index (χ1n) is 13.9. The lowest BCUT2D eigenvalue weighted by molar-refractivity contribution is -0.116. The number of halogens is 1. The van der Waals surface area contributed by atoms with Crippen LogP contribution in [0.2, 0.25) is 5.02 Å². The average Bonchev–Trinajstić information content (AvgIpc) is 3.43. The molecule has 1 N–H and O–H groups in total. The minimum atomic E-state index is -4.00. The SMILES string of the molecule is COc1ccc(S(=O)(=O)N(CCN2CCOCC2)CC(=O)Nc2nc(-c3ccc(Cl)cc3)cn2-c2ccc(C)cc2)cc1. The van der Waals surface area contributed by atoms with E-state index in [1.165, 1.54) is 23.5 Å². The van der Waals surface area contributed by atoms with E-state index in [9.17, 15) is 13.2 Å². The molecule has 2 heterocycles. The number of imidazole rings is 1. The molecule has 4 aromatic rings. The Morgan fingerprint density at radius 2 is 1.70 bits per heavy atom. The highest BCUT2D eigenvalue weighted by Gasteiger charge is 2.28. The highest BCUT2D eigenvalue weighted by Crippen LogP contribution is 2.26. The lowest BCUT2D eigenvalue weighted by Gasteiger charge is -2.29. The van der Waals surface area contributed by atoms with Gasteiger partial charge in [-0.05, 0) is 55.5 Å². The van der Waals surface area contributed by atoms with Crippen molar-refractivity contribution in [3.63, 3.8) is 0 Å². The molecule has 1 amide bonds. The Labute approximate surface area is 256 Å². The molecule has 0 spiro atoms. The minimum absolute atomic E-state index is 0.0780. The van der Waals surface area contributed by atoms with Gasteiger partial charge in [-0.15, -0.1) is 0 Å². The van der Waals surface area contributed by atoms with Gasteiger partial charge < -0.3 is 9.47 Å². The molecule has 1 aliphatic heterocycles. The van der Waals surface area contributed by atoms with Crippen LogP contribution in [-0.4, -0.2) is 86.1 Å². The number of methoxy groups -OCH3 is 1. The molecule has 1 fully saturated rings. The van der Waals surface area contributed by atoms with Crippen LogP contribution in [0.25, 0.3) is 16.9 Å². The van der Waals surface area contributed by atoms with Crippen molar-refractivity contribution < 1.29 is 22.7 Å². The average molecular weight is 624 g/mol. The number of aromatic nitrogens is 2. The predicted molar refractivity (Wildman–Crippen MR) is 166 cm³/mol. The van der Waals surface area contributed by atoms with E-state index in [0.29, 0.717) is 49.3 Å². The van der Waals surface area contributed by atoms with E-state index >= 15 is 0 Å². The van der Waals surface area contributed by atoms with Crippen molar-refractivity contribution in [1.29, 1.82) is 0 Å². The van der Waals surface area contributed by atoms with Gasteiger partial charge in [0.2, 0.25) is 21.9 Å². The van der Waals surface area contributed by atoms with Gasteiger partial charge in [-0.3, -0.25) is 19.6 Å². The fourth-order valence-corrected chi connectivity index (χ4v) is 6.23. The normalized spacial score (nSPS) is 14.1. The van der Waals surface area contributed by atoms with Gasteiger partial charge >= 0.3 is 0 Å². The first-order chi connectivity index (χ1) is 20.7. The number of benzene rings is 3. The number of nitrogens with zero attached hydrogens (tertiary/aromatic N) is 4. The summed E-state index contributed by atoms with van der Waals surface area (Å²) in [7, 11) is -2.49. The molecule has 0 bridgehead atoms. The van der Waals surface area contributed by atoms with Crippen LogP contribution in [0.15, 0.2) is 83.9 Å². The molecule has 0 aliphatic carbocycles. The number of amides is 1. The summed E-state index contributed by atoms with van der Waals surface area (Å²) in [4.78, 5) is 20.4. The number of hydrogen-bond acceptors (Lipinski definition) is 7. The van der Waals surface area contributed by atoms with E-state index in [2.05, 4.69) is 10.2 Å². The smallest absolute Gasteiger partial charge is 0.243 e. The molecule has 3 aromatic carbocycles. The quantitative estimate of drug-likeness (QED) is 0.263. The molecular weight excluding hydrogens is 590 g/mol. The number of morpholine rings is 1. The molecule has 1 saturated heterocycles. The zero-order valence-corrected chi connectivity index (χ0v) is 25.6. The first kappa shape index (κ1) is 30.7. The molecule has 12 heteroatoms. The zero-order valence-electron chi connectivity index (χ0n) is 24.1. The van der Waals surface area contributed by atoms with Crippen molar-refractivity contribution in [3.8, 4) is 22.7 Å². The van der Waals surface area contributed by atoms with E-state index in [-0.39, 0.29) is 17.4 Å². The summed E-state index contributed by atoms with van der Waals surface area (Å²) in [5.41, 5.74) is 3.33. The van der Waals surface area contributed by atoms with Crippen LogP contribution in [0.4, 0.5) is 5.95 Å². The topological polar surface area (TPSA) is 106 Å². The van der Waals surface area contributed by atoms with Crippen molar-refractivity contribution in [2.75, 3.05) is 58.4 Å². The number of hydrogen-bond donors (Lipinski definition) is 1. The number of sulfonamides is 1. The second-order valence-corrected chi connectivity index (χ2v) is 12.6. The van der Waals surface area contributed by atoms with E-state index in [1.54, 1.807) is 28.8 Å². The Hall–Kier alpha value is -3.74. The number of carbonyl (C=O) groups is 1. The van der Waals surface area contributed by atoms with Crippen LogP contribution < -0.4 is 10.1 Å². The lowest BCUT2D eigenvalue weighted by Crippen LogP contribution is -2.45. The maximum atomic E-state index is 13.8. The standard InChI is InChI=1S/C31H34ClN5O5S/c1-23-3-9-26(10-4-23)37-21-29(24-5-7-25(32)8-6-24)33-31(37)34-30(38)22-36(16-15-35-17-19-42-20-18-35)43(39,40)28-13-11-27(41-2)12-14-28/h3-14,21H,15-20,22H2,1-2H3,(H,33,34,38). The monoisotopic (exact) mass is 623 g/mol. The summed E-state index contributed by atoms with van der Waals surface area (Å²) in [6.07, 6.45) is 1.83. The summed E-state index contributed by atoms with van der Waals surface area (Å²) in [5, 5.41) is 3.46. The second kappa shape index (κ2) is 13.7. The molecule has 10 nitrogen and oxygen atoms in total. The molecule has 5 rings (SSSR count). The Balaban J connectivity index is 1.42. The fraction of sp³-hybridized carbons (Fsp3) is 0.290. The van der Waals surface area contributed by atoms with Crippen molar-refractivity contribution >= 4 is 33.5 Å². The van der Waals surface area contributed by atoms with Crippen molar-refractivity contribution in [1.82, 2.24) is 18.8 Å². The van der Waals surface area contributed by atoms with Crippen LogP contribution in [0.5, 0.6) is 5.75 Å². The van der Waals surface area contributed by atoms with Crippen LogP contribution in [0.3, 0.4) is 0 Å². The second-order valence-electron chi connectivity index (χ2n) is 10.2. The van der Waals surface area contributed by atoms with E-state index in [4.69, 9.17) is 26.1 Å². The summed E-state index contributed by atoms with van der Waals surface area (Å²) >= 11 is 6.08. The van der Waals surface area contributed by atoms with Crippen LogP contribution in [0.1, 0.15) is 5.56 Å². The Morgan fingerprint density at radius 3 is 2.35 bits per heavy atom. The maximum Gasteiger partial charge on any atom is 0.243 e. The van der Waals surface area contributed by atoms with Gasteiger partial charge in [0.15, 0.2) is 0 Å². The molecule has 226 valence electrons. The third kappa shape index (κ3) is 7.62. The van der Waals surface area contributed by atoms with Crippen LogP contribution >= 0.6 is 11.6 Å².